The number of aromatic hydroxyl groups is 1. The smallest absolute Gasteiger partial charge is 0.340 e. The third-order valence-corrected chi connectivity index (χ3v) is 9.98. The lowest BCUT2D eigenvalue weighted by Crippen LogP contribution is -2.40. The number of hydrogen-bond donors (Lipinski definition) is 1. The van der Waals surface area contributed by atoms with E-state index in [-0.39, 0.29) is 11.5 Å². The average molecular weight is 822 g/mol. The van der Waals surface area contributed by atoms with Crippen molar-refractivity contribution in [3.8, 4) is 11.5 Å². The van der Waals surface area contributed by atoms with Crippen LogP contribution in [0.5, 0.6) is 11.5 Å². The molecule has 0 bridgehead atoms. The van der Waals surface area contributed by atoms with Crippen LogP contribution in [0.25, 0.3) is 0 Å². The molecule has 1 spiro atoms. The number of alkyl halides is 1. The molecule has 0 amide bonds. The van der Waals surface area contributed by atoms with Crippen molar-refractivity contribution < 1.29 is 24.2 Å². The molecule has 0 fully saturated rings. The first-order valence-electron chi connectivity index (χ1n) is 12.2. The quantitative estimate of drug-likeness (QED) is 0.135. The van der Waals surface area contributed by atoms with Gasteiger partial charge in [-0.2, -0.15) is 0 Å². The largest absolute Gasteiger partial charge is 0.506 e. The Kier molecular flexibility index (Phi) is 7.75. The minimum Gasteiger partial charge on any atom is -0.506 e. The first-order valence-corrected chi connectivity index (χ1v) is 15.6. The third-order valence-electron chi connectivity index (χ3n) is 7.03. The maximum absolute atomic E-state index is 13.2. The Morgan fingerprint density at radius 3 is 2.53 bits per heavy atom. The summed E-state index contributed by atoms with van der Waals surface area (Å²) in [6.45, 7) is 2.21. The molecule has 1 aliphatic carbocycles. The van der Waals surface area contributed by atoms with Crippen molar-refractivity contribution in [1.29, 1.82) is 0 Å². The van der Waals surface area contributed by atoms with Gasteiger partial charge in [-0.3, -0.25) is 4.79 Å². The number of ketones is 1. The van der Waals surface area contributed by atoms with E-state index in [0.29, 0.717) is 35.4 Å². The molecule has 2 atom stereocenters. The number of rotatable bonds is 7. The van der Waals surface area contributed by atoms with Crippen molar-refractivity contribution in [2.24, 2.45) is 0 Å². The Balaban J connectivity index is 1.68. The fourth-order valence-electron chi connectivity index (χ4n) is 5.21. The highest BCUT2D eigenvalue weighted by Gasteiger charge is 2.57. The zero-order valence-electron chi connectivity index (χ0n) is 19.7. The standard InChI is InChI=1S/C28H25I3O5/c1-2-3-4-5-6-7-10-15-13-18-25(21(30)23(15)32)35-26-19(14-20(29)24(33)22(26)31)28(18)17-12-9-8-11-16(17)27(34)36-28/h8-9,11-14,20,32H,2-7,10H2,1H3. The number of allylic oxidation sites excluding steroid dienone is 2. The van der Waals surface area contributed by atoms with Crippen LogP contribution in [0.4, 0.5) is 0 Å². The molecule has 0 radical (unpaired) electrons. The molecule has 2 aliphatic heterocycles. The van der Waals surface area contributed by atoms with Gasteiger partial charge >= 0.3 is 5.97 Å². The lowest BCUT2D eigenvalue weighted by molar-refractivity contribution is -0.113. The molecule has 8 heteroatoms. The number of benzene rings is 2. The number of ether oxygens (including phenoxy) is 2. The van der Waals surface area contributed by atoms with Crippen molar-refractivity contribution in [2.45, 2.75) is 61.4 Å². The number of carbonyl (C=O) groups is 2. The molecule has 2 aromatic rings. The number of fused-ring (bicyclic) bond motifs is 6. The Hall–Kier alpha value is -1.15. The van der Waals surface area contributed by atoms with Gasteiger partial charge in [-0.25, -0.2) is 4.79 Å². The highest BCUT2D eigenvalue weighted by Crippen LogP contribution is 2.59. The van der Waals surface area contributed by atoms with Gasteiger partial charge in [0.1, 0.15) is 9.33 Å². The van der Waals surface area contributed by atoms with Gasteiger partial charge in [0.2, 0.25) is 0 Å². The number of halogens is 3. The fraction of sp³-hybridized carbons (Fsp3) is 0.357. The van der Waals surface area contributed by atoms with E-state index in [1.165, 1.54) is 25.7 Å². The Morgan fingerprint density at radius 1 is 1.03 bits per heavy atom. The molecular weight excluding hydrogens is 797 g/mol. The van der Waals surface area contributed by atoms with Crippen molar-refractivity contribution in [2.75, 3.05) is 0 Å². The van der Waals surface area contributed by atoms with Gasteiger partial charge in [-0.1, -0.05) is 85.9 Å². The maximum atomic E-state index is 13.2. The summed E-state index contributed by atoms with van der Waals surface area (Å²) in [6.07, 6.45) is 9.50. The third kappa shape index (κ3) is 4.22. The highest BCUT2D eigenvalue weighted by atomic mass is 127. The maximum Gasteiger partial charge on any atom is 0.340 e. The Morgan fingerprint density at radius 2 is 1.75 bits per heavy atom. The summed E-state index contributed by atoms with van der Waals surface area (Å²) >= 11 is 6.23. The van der Waals surface area contributed by atoms with E-state index in [4.69, 9.17) is 9.47 Å². The molecular formula is C28H25I3O5. The number of carbonyl (C=O) groups excluding carboxylic acids is 2. The van der Waals surface area contributed by atoms with E-state index in [1.807, 2.05) is 52.9 Å². The molecule has 2 unspecified atom stereocenters. The summed E-state index contributed by atoms with van der Waals surface area (Å²) in [4.78, 5) is 26.0. The van der Waals surface area contributed by atoms with E-state index in [1.54, 1.807) is 6.07 Å². The summed E-state index contributed by atoms with van der Waals surface area (Å²) < 4.78 is 13.3. The van der Waals surface area contributed by atoms with Crippen LogP contribution < -0.4 is 4.74 Å². The molecule has 5 nitrogen and oxygen atoms in total. The number of phenols is 1. The van der Waals surface area contributed by atoms with Gasteiger partial charge in [0.25, 0.3) is 0 Å². The van der Waals surface area contributed by atoms with Crippen LogP contribution >= 0.6 is 67.8 Å². The van der Waals surface area contributed by atoms with E-state index >= 15 is 0 Å². The number of unbranched alkanes of at least 4 members (excludes halogenated alkanes) is 5. The predicted octanol–water partition coefficient (Wildman–Crippen LogP) is 7.67. The Labute approximate surface area is 251 Å². The number of hydrogen-bond acceptors (Lipinski definition) is 5. The van der Waals surface area contributed by atoms with Gasteiger partial charge in [-0.05, 0) is 75.7 Å². The van der Waals surface area contributed by atoms with Crippen molar-refractivity contribution in [1.82, 2.24) is 0 Å². The second-order valence-electron chi connectivity index (χ2n) is 9.30. The zero-order valence-corrected chi connectivity index (χ0v) is 26.2. The number of aryl methyl sites for hydroxylation is 1. The first-order chi connectivity index (χ1) is 17.3. The van der Waals surface area contributed by atoms with E-state index in [2.05, 4.69) is 52.1 Å². The minimum atomic E-state index is -1.24. The van der Waals surface area contributed by atoms with Crippen LogP contribution in [0.3, 0.4) is 0 Å². The number of esters is 1. The second kappa shape index (κ2) is 10.5. The van der Waals surface area contributed by atoms with E-state index in [9.17, 15) is 14.7 Å². The lowest BCUT2D eigenvalue weighted by atomic mass is 9.74. The molecule has 188 valence electrons. The van der Waals surface area contributed by atoms with E-state index < -0.39 is 15.5 Å². The molecule has 36 heavy (non-hydrogen) atoms. The molecule has 0 aromatic heterocycles. The van der Waals surface area contributed by atoms with Crippen LogP contribution in [-0.2, 0) is 21.6 Å². The zero-order chi connectivity index (χ0) is 25.6. The summed E-state index contributed by atoms with van der Waals surface area (Å²) in [5, 5.41) is 11.1. The molecule has 0 saturated heterocycles. The topological polar surface area (TPSA) is 72.8 Å². The summed E-state index contributed by atoms with van der Waals surface area (Å²) in [5.41, 5.74) is 2.18. The SMILES string of the molecule is CCCCCCCCc1cc2c(c(I)c1O)OC1=C(I)C(=O)C(I)C=C1C21OC(=O)c2ccccc21. The molecule has 0 saturated carbocycles. The lowest BCUT2D eigenvalue weighted by Gasteiger charge is -2.41. The van der Waals surface area contributed by atoms with Crippen LogP contribution in [0.15, 0.2) is 51.3 Å². The minimum absolute atomic E-state index is 0.0509. The molecule has 2 aromatic carbocycles. The first kappa shape index (κ1) is 26.5. The van der Waals surface area contributed by atoms with Crippen molar-refractivity contribution in [3.05, 3.63) is 77.1 Å². The van der Waals surface area contributed by atoms with E-state index in [0.717, 1.165) is 30.4 Å². The van der Waals surface area contributed by atoms with Crippen LogP contribution in [-0.4, -0.2) is 20.8 Å². The highest BCUT2D eigenvalue weighted by molar-refractivity contribution is 14.1. The summed E-state index contributed by atoms with van der Waals surface area (Å²) in [7, 11) is 0. The average Bonchev–Trinajstić information content (AvgIpc) is 3.17. The van der Waals surface area contributed by atoms with Gasteiger partial charge in [0.05, 0.1) is 13.1 Å². The normalized spacial score (nSPS) is 22.1. The van der Waals surface area contributed by atoms with Gasteiger partial charge in [0, 0.05) is 16.7 Å². The molecule has 2 heterocycles. The predicted molar refractivity (Wildman–Crippen MR) is 163 cm³/mol. The second-order valence-corrected chi connectivity index (χ2v) is 12.8. The molecule has 5 rings (SSSR count). The van der Waals surface area contributed by atoms with Gasteiger partial charge in [-0.15, -0.1) is 0 Å². The van der Waals surface area contributed by atoms with Crippen molar-refractivity contribution in [3.63, 3.8) is 0 Å². The monoisotopic (exact) mass is 822 g/mol. The number of Topliss-reactive ketones (excluding diaryl/α,β-unsaturated/α-hetero) is 1. The van der Waals surface area contributed by atoms with Gasteiger partial charge in [0.15, 0.2) is 22.9 Å². The van der Waals surface area contributed by atoms with Crippen LogP contribution in [0, 0.1) is 3.57 Å². The van der Waals surface area contributed by atoms with Crippen LogP contribution in [0.1, 0.15) is 72.5 Å². The fourth-order valence-corrected chi connectivity index (χ4v) is 7.96. The molecule has 3 aliphatic rings. The van der Waals surface area contributed by atoms with Crippen molar-refractivity contribution >= 4 is 79.5 Å². The van der Waals surface area contributed by atoms with Gasteiger partial charge < -0.3 is 14.6 Å². The Bertz CT molecular complexity index is 1330. The number of phenolic OH excluding ortho intramolecular Hbond substituents is 1. The summed E-state index contributed by atoms with van der Waals surface area (Å²) in [5.74, 6) is 0.561. The van der Waals surface area contributed by atoms with Crippen LogP contribution in [0.2, 0.25) is 0 Å². The molecule has 1 N–H and O–H groups in total. The summed E-state index contributed by atoms with van der Waals surface area (Å²) in [6, 6.07) is 9.34.